The molecule has 0 spiro atoms. The number of aromatic nitrogens is 1. The van der Waals surface area contributed by atoms with E-state index >= 15 is 0 Å². The first kappa shape index (κ1) is 13.3. The molecule has 0 atom stereocenters. The molecular formula is C15H18N2O2. The van der Waals surface area contributed by atoms with Crippen molar-refractivity contribution in [2.24, 2.45) is 0 Å². The minimum absolute atomic E-state index is 0.0279. The number of nitrogens with zero attached hydrogens (tertiary/aromatic N) is 1. The summed E-state index contributed by atoms with van der Waals surface area (Å²) in [7, 11) is 0. The first-order valence-corrected chi connectivity index (χ1v) is 6.38. The zero-order valence-corrected chi connectivity index (χ0v) is 11.3. The van der Waals surface area contributed by atoms with Crippen LogP contribution in [0.25, 0.3) is 0 Å². The van der Waals surface area contributed by atoms with E-state index in [1.54, 1.807) is 0 Å². The van der Waals surface area contributed by atoms with Crippen molar-refractivity contribution in [1.82, 2.24) is 10.3 Å². The number of hydrogen-bond donors (Lipinski definition) is 1. The van der Waals surface area contributed by atoms with Gasteiger partial charge >= 0.3 is 0 Å². The highest BCUT2D eigenvalue weighted by Crippen LogP contribution is 2.09. The van der Waals surface area contributed by atoms with Crippen LogP contribution in [0, 0.1) is 13.8 Å². The molecule has 1 aromatic heterocycles. The molecule has 1 N–H and O–H groups in total. The average molecular weight is 258 g/mol. The maximum Gasteiger partial charge on any atom is 0.224 e. The third-order valence-corrected chi connectivity index (χ3v) is 2.88. The van der Waals surface area contributed by atoms with Crippen LogP contribution in [0.3, 0.4) is 0 Å². The second-order valence-corrected chi connectivity index (χ2v) is 4.50. The molecule has 2 aromatic rings. The smallest absolute Gasteiger partial charge is 0.224 e. The van der Waals surface area contributed by atoms with E-state index in [2.05, 4.69) is 10.3 Å². The first-order chi connectivity index (χ1) is 9.15. The Hall–Kier alpha value is -2.10. The number of oxazole rings is 1. The molecule has 100 valence electrons. The van der Waals surface area contributed by atoms with E-state index in [0.29, 0.717) is 25.3 Å². The van der Waals surface area contributed by atoms with Crippen LogP contribution < -0.4 is 5.32 Å². The maximum absolute atomic E-state index is 11.7. The molecule has 0 radical (unpaired) electrons. The second-order valence-electron chi connectivity index (χ2n) is 4.50. The molecule has 1 heterocycles. The van der Waals surface area contributed by atoms with Crippen molar-refractivity contribution in [3.63, 3.8) is 0 Å². The summed E-state index contributed by atoms with van der Waals surface area (Å²) in [4.78, 5) is 15.9. The van der Waals surface area contributed by atoms with Crippen molar-refractivity contribution in [3.8, 4) is 0 Å². The second kappa shape index (κ2) is 6.18. The molecule has 1 amide bonds. The standard InChI is InChI=1S/C15H18N2O2/c1-11-14(19-12(2)17-11)8-9-16-15(18)10-13-6-4-3-5-7-13/h3-7H,8-10H2,1-2H3,(H,16,18). The summed E-state index contributed by atoms with van der Waals surface area (Å²) in [5.41, 5.74) is 1.92. The zero-order chi connectivity index (χ0) is 13.7. The highest BCUT2D eigenvalue weighted by molar-refractivity contribution is 5.78. The molecular weight excluding hydrogens is 240 g/mol. The van der Waals surface area contributed by atoms with Gasteiger partial charge in [0.2, 0.25) is 5.91 Å². The number of carbonyl (C=O) groups is 1. The first-order valence-electron chi connectivity index (χ1n) is 6.38. The molecule has 0 aliphatic rings. The molecule has 1 aromatic carbocycles. The van der Waals surface area contributed by atoms with Gasteiger partial charge in [0.25, 0.3) is 0 Å². The van der Waals surface area contributed by atoms with E-state index in [0.717, 1.165) is 17.0 Å². The van der Waals surface area contributed by atoms with Gasteiger partial charge in [-0.15, -0.1) is 0 Å². The number of nitrogens with one attached hydrogen (secondary N) is 1. The van der Waals surface area contributed by atoms with E-state index < -0.39 is 0 Å². The number of amides is 1. The molecule has 0 saturated heterocycles. The van der Waals surface area contributed by atoms with Crippen molar-refractivity contribution in [3.05, 3.63) is 53.2 Å². The minimum Gasteiger partial charge on any atom is -0.446 e. The Bertz CT molecular complexity index is 547. The highest BCUT2D eigenvalue weighted by atomic mass is 16.4. The molecule has 0 fully saturated rings. The minimum atomic E-state index is 0.0279. The summed E-state index contributed by atoms with van der Waals surface area (Å²) in [5.74, 6) is 1.54. The van der Waals surface area contributed by atoms with Gasteiger partial charge in [-0.3, -0.25) is 4.79 Å². The predicted molar refractivity (Wildman–Crippen MR) is 72.8 cm³/mol. The third kappa shape index (κ3) is 3.95. The summed E-state index contributed by atoms with van der Waals surface area (Å²) in [6.45, 7) is 4.31. The lowest BCUT2D eigenvalue weighted by atomic mass is 10.1. The summed E-state index contributed by atoms with van der Waals surface area (Å²) >= 11 is 0. The maximum atomic E-state index is 11.7. The van der Waals surface area contributed by atoms with Crippen LogP contribution in [-0.2, 0) is 17.6 Å². The lowest BCUT2D eigenvalue weighted by Gasteiger charge is -2.04. The van der Waals surface area contributed by atoms with Gasteiger partial charge in [0, 0.05) is 19.9 Å². The molecule has 0 aliphatic carbocycles. The lowest BCUT2D eigenvalue weighted by Crippen LogP contribution is -2.27. The number of aryl methyl sites for hydroxylation is 2. The molecule has 0 aliphatic heterocycles. The monoisotopic (exact) mass is 258 g/mol. The van der Waals surface area contributed by atoms with Crippen LogP contribution in [-0.4, -0.2) is 17.4 Å². The topological polar surface area (TPSA) is 55.1 Å². The van der Waals surface area contributed by atoms with Crippen LogP contribution in [0.5, 0.6) is 0 Å². The molecule has 0 unspecified atom stereocenters. The number of rotatable bonds is 5. The lowest BCUT2D eigenvalue weighted by molar-refractivity contribution is -0.120. The molecule has 19 heavy (non-hydrogen) atoms. The SMILES string of the molecule is Cc1nc(C)c(CCNC(=O)Cc2ccccc2)o1. The summed E-state index contributed by atoms with van der Waals surface area (Å²) < 4.78 is 5.45. The van der Waals surface area contributed by atoms with Gasteiger partial charge < -0.3 is 9.73 Å². The Labute approximate surface area is 112 Å². The summed E-state index contributed by atoms with van der Waals surface area (Å²) in [5, 5.41) is 2.89. The Balaban J connectivity index is 1.77. The van der Waals surface area contributed by atoms with E-state index in [1.165, 1.54) is 0 Å². The fraction of sp³-hybridized carbons (Fsp3) is 0.333. The predicted octanol–water partition coefficient (Wildman–Crippen LogP) is 2.19. The van der Waals surface area contributed by atoms with E-state index in [9.17, 15) is 4.79 Å². The van der Waals surface area contributed by atoms with Crippen molar-refractivity contribution in [1.29, 1.82) is 0 Å². The van der Waals surface area contributed by atoms with Gasteiger partial charge in [-0.1, -0.05) is 30.3 Å². The Kier molecular flexibility index (Phi) is 4.34. The number of benzene rings is 1. The Morgan fingerprint density at radius 1 is 1.26 bits per heavy atom. The Morgan fingerprint density at radius 2 is 2.00 bits per heavy atom. The summed E-state index contributed by atoms with van der Waals surface area (Å²) in [6, 6.07) is 9.70. The van der Waals surface area contributed by atoms with E-state index in [1.807, 2.05) is 44.2 Å². The van der Waals surface area contributed by atoms with E-state index in [-0.39, 0.29) is 5.91 Å². The van der Waals surface area contributed by atoms with Crippen LogP contribution in [0.1, 0.15) is 22.9 Å². The molecule has 2 rings (SSSR count). The quantitative estimate of drug-likeness (QED) is 0.894. The van der Waals surface area contributed by atoms with Crippen LogP contribution in [0.4, 0.5) is 0 Å². The van der Waals surface area contributed by atoms with Crippen molar-refractivity contribution in [2.45, 2.75) is 26.7 Å². The van der Waals surface area contributed by atoms with Gasteiger partial charge in [-0.2, -0.15) is 0 Å². The van der Waals surface area contributed by atoms with E-state index in [4.69, 9.17) is 4.42 Å². The average Bonchev–Trinajstić information content (AvgIpc) is 2.69. The fourth-order valence-corrected chi connectivity index (χ4v) is 1.96. The van der Waals surface area contributed by atoms with Crippen molar-refractivity contribution < 1.29 is 9.21 Å². The van der Waals surface area contributed by atoms with Gasteiger partial charge in [0.15, 0.2) is 5.89 Å². The molecule has 0 saturated carbocycles. The highest BCUT2D eigenvalue weighted by Gasteiger charge is 2.07. The van der Waals surface area contributed by atoms with Crippen LogP contribution in [0.15, 0.2) is 34.7 Å². The molecule has 4 nitrogen and oxygen atoms in total. The molecule has 4 heteroatoms. The van der Waals surface area contributed by atoms with Crippen molar-refractivity contribution >= 4 is 5.91 Å². The largest absolute Gasteiger partial charge is 0.446 e. The van der Waals surface area contributed by atoms with Gasteiger partial charge in [0.05, 0.1) is 12.1 Å². The molecule has 0 bridgehead atoms. The van der Waals surface area contributed by atoms with Gasteiger partial charge in [-0.05, 0) is 12.5 Å². The third-order valence-electron chi connectivity index (χ3n) is 2.88. The fourth-order valence-electron chi connectivity index (χ4n) is 1.96. The Morgan fingerprint density at radius 3 is 2.63 bits per heavy atom. The normalized spacial score (nSPS) is 10.4. The van der Waals surface area contributed by atoms with Gasteiger partial charge in [0.1, 0.15) is 5.76 Å². The van der Waals surface area contributed by atoms with Crippen LogP contribution >= 0.6 is 0 Å². The van der Waals surface area contributed by atoms with Gasteiger partial charge in [-0.25, -0.2) is 4.98 Å². The van der Waals surface area contributed by atoms with Crippen molar-refractivity contribution in [2.75, 3.05) is 6.54 Å². The number of carbonyl (C=O) groups excluding carboxylic acids is 1. The zero-order valence-electron chi connectivity index (χ0n) is 11.3. The number of hydrogen-bond acceptors (Lipinski definition) is 3. The summed E-state index contributed by atoms with van der Waals surface area (Å²) in [6.07, 6.45) is 1.09. The van der Waals surface area contributed by atoms with Crippen LogP contribution in [0.2, 0.25) is 0 Å².